The van der Waals surface area contributed by atoms with Gasteiger partial charge in [0.15, 0.2) is 17.4 Å². The van der Waals surface area contributed by atoms with Crippen molar-refractivity contribution in [3.8, 4) is 0 Å². The number of H-pyrrole nitrogens is 1. The van der Waals surface area contributed by atoms with Crippen LogP contribution in [0.4, 0.5) is 5.95 Å². The largest absolute Gasteiger partial charge is 0.393 e. The SMILES string of the molecule is CO[C@@H]1C[C@H](C)O[C@@H]1CO[P@@](=S)(O[C@H](c1ccccc1)[C@@H]1CCCN1C(C)=O)O[C@@H]1C2OC[C@]1(CO[P@@](=S)(O[C@H](c1ccccc1)[C@@H]1CCCN1C(C)=O)O[C@@H]1C3OC[C@]1(CO)O[C@H]3C)O[C@H]2n1cnc2c(=O)[nH]c(NC(=O)C(C)C)nc21. The van der Waals surface area contributed by atoms with Crippen LogP contribution in [0.2, 0.25) is 0 Å². The molecule has 7 aliphatic rings. The third-order valence-corrected chi connectivity index (χ3v) is 21.3. The number of aromatic amines is 1. The maximum absolute atomic E-state index is 13.7. The first-order chi connectivity index (χ1) is 39.8. The second-order valence-electron chi connectivity index (χ2n) is 22.8. The Balaban J connectivity index is 1.02. The van der Waals surface area contributed by atoms with Gasteiger partial charge in [0.25, 0.3) is 5.56 Å². The third kappa shape index (κ3) is 12.1. The standard InChI is InChI=1S/C55H73N7O17P2S2/c1-31(2)50(66)58-53-57-49-42(51(67)59-53)56-30-62(49)52-46-48(79-80(82,71-25-41-40(68-7)24-32(3)73-41)76-44(36-16-10-8-11-17-36)38-20-14-22-60(38)34(5)64)55(75-52,28-70-46)29-72-81(83,78-47-43-33(4)74-54(47,26-63)27-69-43)77-45(37-18-12-9-13-19-37)39-21-15-23-61(39)35(6)65/h8-13,16-19,30-33,38-41,43-48,52,63H,14-15,20-29H2,1-7H3,(H2,57,58,59,66,67)/t32-,33-,38-,39-,40+,41+,43?,44+,45+,46?,47+,48+,52+,54-,55+,80+,81+/m0/s1. The van der Waals surface area contributed by atoms with Crippen molar-refractivity contribution in [3.63, 3.8) is 0 Å². The first kappa shape index (κ1) is 60.7. The highest BCUT2D eigenvalue weighted by Gasteiger charge is 2.67. The number of carbonyl (C=O) groups excluding carboxylic acids is 3. The highest BCUT2D eigenvalue weighted by atomic mass is 32.5. The molecule has 7 fully saturated rings. The Kier molecular flexibility index (Phi) is 18.0. The molecule has 2 aromatic heterocycles. The lowest BCUT2D eigenvalue weighted by Crippen LogP contribution is -2.47. The van der Waals surface area contributed by atoms with E-state index in [0.29, 0.717) is 50.8 Å². The van der Waals surface area contributed by atoms with Crippen molar-refractivity contribution < 1.29 is 75.1 Å². The summed E-state index contributed by atoms with van der Waals surface area (Å²) in [7, 11) is 1.61. The number of aliphatic hydroxyl groups is 1. The minimum absolute atomic E-state index is 0.00961. The minimum atomic E-state index is -4.21. The first-order valence-corrected chi connectivity index (χ1v) is 33.4. The summed E-state index contributed by atoms with van der Waals surface area (Å²) in [4.78, 5) is 68.6. The number of amides is 3. The molecule has 9 heterocycles. The van der Waals surface area contributed by atoms with Gasteiger partial charge in [-0.25, -0.2) is 4.98 Å². The number of likely N-dealkylation sites (tertiary alicyclic amines) is 2. The number of ether oxygens (including phenoxy) is 6. The van der Waals surface area contributed by atoms with Gasteiger partial charge in [0.2, 0.25) is 23.7 Å². The molecule has 17 atom stereocenters. The fourth-order valence-corrected chi connectivity index (χ4v) is 17.4. The van der Waals surface area contributed by atoms with Gasteiger partial charge in [-0.05, 0) is 74.3 Å². The van der Waals surface area contributed by atoms with E-state index in [2.05, 4.69) is 20.3 Å². The Labute approximate surface area is 491 Å². The lowest BCUT2D eigenvalue weighted by atomic mass is 10.0. The van der Waals surface area contributed by atoms with E-state index in [9.17, 15) is 24.3 Å². The number of benzene rings is 2. The normalized spacial score (nSPS) is 33.3. The van der Waals surface area contributed by atoms with E-state index in [0.717, 1.165) is 5.56 Å². The molecule has 83 heavy (non-hydrogen) atoms. The van der Waals surface area contributed by atoms with E-state index in [-0.39, 0.29) is 66.9 Å². The maximum atomic E-state index is 13.7. The van der Waals surface area contributed by atoms with Crippen LogP contribution in [0, 0.1) is 5.92 Å². The van der Waals surface area contributed by atoms with Gasteiger partial charge in [-0.3, -0.25) is 52.1 Å². The fraction of sp³-hybridized carbons (Fsp3) is 0.636. The van der Waals surface area contributed by atoms with Crippen molar-refractivity contribution in [2.24, 2.45) is 5.92 Å². The van der Waals surface area contributed by atoms with Crippen molar-refractivity contribution in [1.82, 2.24) is 29.3 Å². The van der Waals surface area contributed by atoms with Crippen LogP contribution in [0.25, 0.3) is 11.2 Å². The van der Waals surface area contributed by atoms with Crippen LogP contribution >= 0.6 is 13.4 Å². The van der Waals surface area contributed by atoms with E-state index in [1.165, 1.54) is 24.7 Å². The zero-order valence-corrected chi connectivity index (χ0v) is 50.8. The number of nitrogens with one attached hydrogen (secondary N) is 2. The summed E-state index contributed by atoms with van der Waals surface area (Å²) in [6, 6.07) is 17.9. The highest BCUT2D eigenvalue weighted by molar-refractivity contribution is 8.07. The fourth-order valence-electron chi connectivity index (χ4n) is 12.6. The lowest BCUT2D eigenvalue weighted by molar-refractivity contribution is -0.184. The van der Waals surface area contributed by atoms with Crippen LogP contribution in [0.3, 0.4) is 0 Å². The molecule has 0 radical (unpaired) electrons. The van der Waals surface area contributed by atoms with E-state index in [4.69, 9.17) is 79.2 Å². The molecule has 3 N–H and O–H groups in total. The number of aliphatic hydroxyl groups excluding tert-OH is 1. The smallest absolute Gasteiger partial charge is 0.328 e. The number of imidazole rings is 1. The van der Waals surface area contributed by atoms with Gasteiger partial charge in [-0.15, -0.1) is 0 Å². The number of methoxy groups -OCH3 is 1. The number of nitrogens with zero attached hydrogens (tertiary/aromatic N) is 5. The molecule has 11 rings (SSSR count). The van der Waals surface area contributed by atoms with Gasteiger partial charge in [-0.1, -0.05) is 74.5 Å². The molecule has 4 aromatic rings. The Hall–Kier alpha value is -4.02. The van der Waals surface area contributed by atoms with Gasteiger partial charge in [0.05, 0.1) is 69.8 Å². The summed E-state index contributed by atoms with van der Waals surface area (Å²) in [6.45, 7) is 1.61. The number of aromatic nitrogens is 4. The Morgan fingerprint density at radius 1 is 0.843 bits per heavy atom. The Morgan fingerprint density at radius 2 is 1.42 bits per heavy atom. The zero-order valence-electron chi connectivity index (χ0n) is 47.3. The maximum Gasteiger partial charge on any atom is 0.328 e. The van der Waals surface area contributed by atoms with Gasteiger partial charge < -0.3 is 52.4 Å². The summed E-state index contributed by atoms with van der Waals surface area (Å²) < 4.78 is 82.9. The van der Waals surface area contributed by atoms with Crippen molar-refractivity contribution in [1.29, 1.82) is 0 Å². The second kappa shape index (κ2) is 24.6. The molecule has 3 amide bonds. The van der Waals surface area contributed by atoms with Crippen molar-refractivity contribution in [2.75, 3.05) is 58.6 Å². The summed E-state index contributed by atoms with van der Waals surface area (Å²) in [5.74, 6) is -1.23. The number of hydrogen-bond donors (Lipinski definition) is 3. The molecule has 4 bridgehead atoms. The number of fused-ring (bicyclic) bond motifs is 5. The van der Waals surface area contributed by atoms with E-state index in [1.54, 1.807) is 30.8 Å². The summed E-state index contributed by atoms with van der Waals surface area (Å²) in [6.07, 6.45) is -3.94. The average Bonchev–Trinajstić information content (AvgIpc) is 1.97. The molecule has 452 valence electrons. The van der Waals surface area contributed by atoms with Crippen molar-refractivity contribution in [2.45, 2.75) is 164 Å². The molecule has 28 heteroatoms. The van der Waals surface area contributed by atoms with E-state index in [1.807, 2.05) is 74.5 Å². The van der Waals surface area contributed by atoms with Crippen LogP contribution in [0.5, 0.6) is 0 Å². The van der Waals surface area contributed by atoms with Crippen LogP contribution < -0.4 is 10.9 Å². The first-order valence-electron chi connectivity index (χ1n) is 28.3. The Bertz CT molecular complexity index is 3170. The predicted octanol–water partition coefficient (Wildman–Crippen LogP) is 5.91. The van der Waals surface area contributed by atoms with Crippen LogP contribution in [-0.2, 0) is 93.6 Å². The molecule has 2 aromatic carbocycles. The predicted molar refractivity (Wildman–Crippen MR) is 306 cm³/mol. The van der Waals surface area contributed by atoms with Crippen molar-refractivity contribution in [3.05, 3.63) is 88.5 Å². The molecule has 7 aliphatic heterocycles. The topological polar surface area (TPSA) is 264 Å². The molecular weight excluding hydrogens is 1160 g/mol. The Morgan fingerprint density at radius 3 is 1.99 bits per heavy atom. The van der Waals surface area contributed by atoms with Gasteiger partial charge in [0, 0.05) is 46.4 Å². The molecular formula is C55H73N7O17P2S2. The number of rotatable bonds is 23. The molecule has 7 saturated heterocycles. The quantitative estimate of drug-likeness (QED) is 0.0729. The number of carbonyl (C=O) groups is 3. The molecule has 24 nitrogen and oxygen atoms in total. The monoisotopic (exact) mass is 1230 g/mol. The number of anilines is 1. The second-order valence-corrected chi connectivity index (χ2v) is 28.6. The summed E-state index contributed by atoms with van der Waals surface area (Å²) >= 11 is 13.2. The van der Waals surface area contributed by atoms with Gasteiger partial charge in [0.1, 0.15) is 53.9 Å². The highest BCUT2D eigenvalue weighted by Crippen LogP contribution is 2.64. The lowest BCUT2D eigenvalue weighted by Gasteiger charge is -2.39. The molecule has 0 aliphatic carbocycles. The van der Waals surface area contributed by atoms with Gasteiger partial charge in [-0.2, -0.15) is 4.98 Å². The van der Waals surface area contributed by atoms with E-state index < -0.39 is 116 Å². The number of hydrogen-bond acceptors (Lipinski definition) is 21. The molecule has 2 unspecified atom stereocenters. The van der Waals surface area contributed by atoms with Gasteiger partial charge >= 0.3 is 13.4 Å². The third-order valence-electron chi connectivity index (χ3n) is 16.8. The van der Waals surface area contributed by atoms with Crippen LogP contribution in [0.1, 0.15) is 103 Å². The molecule has 0 spiro atoms. The minimum Gasteiger partial charge on any atom is -0.393 e. The summed E-state index contributed by atoms with van der Waals surface area (Å²) in [5, 5.41) is 13.7. The van der Waals surface area contributed by atoms with Crippen molar-refractivity contribution >= 4 is 71.9 Å². The van der Waals surface area contributed by atoms with Crippen LogP contribution in [-0.4, -0.2) is 177 Å². The van der Waals surface area contributed by atoms with Crippen LogP contribution in [0.15, 0.2) is 71.8 Å². The van der Waals surface area contributed by atoms with E-state index >= 15 is 0 Å². The molecule has 0 saturated carbocycles. The summed E-state index contributed by atoms with van der Waals surface area (Å²) in [5.41, 5.74) is -2.24. The average molecular weight is 1230 g/mol. The zero-order chi connectivity index (χ0) is 58.6.